The molecule has 11 nitrogen and oxygen atoms in total. The molecule has 184 valence electrons. The van der Waals surface area contributed by atoms with Gasteiger partial charge in [-0.25, -0.2) is 0 Å². The maximum absolute atomic E-state index is 12.7. The fourth-order valence-corrected chi connectivity index (χ4v) is 3.10. The van der Waals surface area contributed by atoms with Crippen LogP contribution in [0.4, 0.5) is 22.7 Å². The normalized spacial score (nSPS) is 11.5. The maximum atomic E-state index is 12.7. The van der Waals surface area contributed by atoms with Crippen LogP contribution >= 0.6 is 0 Å². The number of amides is 2. The van der Waals surface area contributed by atoms with Crippen molar-refractivity contribution >= 4 is 40.3 Å². The number of carbonyl (C=O) groups is 3. The van der Waals surface area contributed by atoms with Gasteiger partial charge in [-0.2, -0.15) is 5.11 Å². The number of benzene rings is 3. The van der Waals surface area contributed by atoms with Crippen molar-refractivity contribution in [2.24, 2.45) is 10.2 Å². The Bertz CT molecular complexity index is 1320. The summed E-state index contributed by atoms with van der Waals surface area (Å²) in [7, 11) is 1.55. The Kier molecular flexibility index (Phi) is 8.18. The highest BCUT2D eigenvalue weighted by Gasteiger charge is 2.24. The predicted molar refractivity (Wildman–Crippen MR) is 133 cm³/mol. The Hall–Kier alpha value is -4.93. The summed E-state index contributed by atoms with van der Waals surface area (Å²) in [5, 5.41) is 24.1. The summed E-state index contributed by atoms with van der Waals surface area (Å²) < 4.78 is 5.08. The quantitative estimate of drug-likeness (QED) is 0.190. The maximum Gasteiger partial charge on any atom is 0.296 e. The van der Waals surface area contributed by atoms with E-state index in [0.717, 1.165) is 0 Å². The zero-order valence-corrected chi connectivity index (χ0v) is 19.7. The second kappa shape index (κ2) is 11.5. The van der Waals surface area contributed by atoms with Crippen molar-refractivity contribution in [3.8, 4) is 5.75 Å². The van der Waals surface area contributed by atoms with Gasteiger partial charge in [0, 0.05) is 23.0 Å². The van der Waals surface area contributed by atoms with Gasteiger partial charge < -0.3 is 15.4 Å². The van der Waals surface area contributed by atoms with Crippen molar-refractivity contribution in [2.75, 3.05) is 17.7 Å². The largest absolute Gasteiger partial charge is 0.497 e. The number of aryl methyl sites for hydroxylation is 1. The van der Waals surface area contributed by atoms with Gasteiger partial charge in [-0.05, 0) is 74.0 Å². The highest BCUT2D eigenvalue weighted by Crippen LogP contribution is 2.28. The third-order valence-corrected chi connectivity index (χ3v) is 5.00. The Morgan fingerprint density at radius 1 is 0.944 bits per heavy atom. The summed E-state index contributed by atoms with van der Waals surface area (Å²) in [6.45, 7) is 2.85. The molecular weight excluding hydrogens is 466 g/mol. The van der Waals surface area contributed by atoms with Gasteiger partial charge >= 0.3 is 0 Å². The molecule has 3 rings (SSSR count). The number of nitrogens with one attached hydrogen (secondary N) is 2. The lowest BCUT2D eigenvalue weighted by atomic mass is 10.1. The molecule has 0 aliphatic carbocycles. The fraction of sp³-hybridized carbons (Fsp3) is 0.160. The summed E-state index contributed by atoms with van der Waals surface area (Å²) >= 11 is 0. The van der Waals surface area contributed by atoms with E-state index in [1.807, 2.05) is 0 Å². The van der Waals surface area contributed by atoms with Crippen LogP contribution in [0.5, 0.6) is 5.75 Å². The van der Waals surface area contributed by atoms with Crippen molar-refractivity contribution in [3.63, 3.8) is 0 Å². The molecule has 2 amide bonds. The van der Waals surface area contributed by atoms with Gasteiger partial charge in [-0.1, -0.05) is 6.07 Å². The minimum absolute atomic E-state index is 0.0723. The monoisotopic (exact) mass is 489 g/mol. The molecule has 0 spiro atoms. The Labute approximate surface area is 206 Å². The van der Waals surface area contributed by atoms with Gasteiger partial charge in [0.15, 0.2) is 11.5 Å². The molecule has 0 bridgehead atoms. The number of azo groups is 1. The van der Waals surface area contributed by atoms with Crippen LogP contribution < -0.4 is 15.4 Å². The number of hydrogen-bond donors (Lipinski definition) is 2. The zero-order chi connectivity index (χ0) is 26.2. The van der Waals surface area contributed by atoms with Crippen molar-refractivity contribution in [3.05, 3.63) is 88.0 Å². The van der Waals surface area contributed by atoms with E-state index in [0.29, 0.717) is 28.3 Å². The van der Waals surface area contributed by atoms with Crippen molar-refractivity contribution < 1.29 is 24.0 Å². The van der Waals surface area contributed by atoms with Crippen LogP contribution in [0.2, 0.25) is 0 Å². The molecule has 0 heterocycles. The number of ketones is 1. The number of ether oxygens (including phenoxy) is 1. The third-order valence-electron chi connectivity index (χ3n) is 5.00. The molecule has 3 aromatic carbocycles. The van der Waals surface area contributed by atoms with E-state index >= 15 is 0 Å². The standard InChI is InChI=1S/C25H23N5O6/c1-15-4-13-21(22(14-15)30(34)35)28-29-23(16(2)31)25(33)27-18-7-5-17(6-8-18)24(32)26-19-9-11-20(36-3)12-10-19/h4-14,23H,1-3H3,(H,26,32)(H,27,33). The number of nitro groups is 1. The molecule has 0 aromatic heterocycles. The minimum atomic E-state index is -1.51. The Balaban J connectivity index is 1.68. The van der Waals surface area contributed by atoms with Crippen molar-refractivity contribution in [1.82, 2.24) is 0 Å². The first-order valence-corrected chi connectivity index (χ1v) is 10.7. The molecule has 0 radical (unpaired) electrons. The SMILES string of the molecule is COc1ccc(NC(=O)c2ccc(NC(=O)C(N=Nc3ccc(C)cc3[N+](=O)[O-])C(C)=O)cc2)cc1. The third kappa shape index (κ3) is 6.56. The summed E-state index contributed by atoms with van der Waals surface area (Å²) in [5.74, 6) is -1.06. The van der Waals surface area contributed by atoms with Crippen LogP contribution in [-0.4, -0.2) is 35.7 Å². The number of carbonyl (C=O) groups excluding carboxylic acids is 3. The van der Waals surface area contributed by atoms with Gasteiger partial charge in [0.05, 0.1) is 12.0 Å². The molecule has 0 saturated heterocycles. The number of methoxy groups -OCH3 is 1. The van der Waals surface area contributed by atoms with E-state index in [1.54, 1.807) is 44.4 Å². The second-order valence-corrected chi connectivity index (χ2v) is 7.73. The fourth-order valence-electron chi connectivity index (χ4n) is 3.10. The van der Waals surface area contributed by atoms with Crippen molar-refractivity contribution in [2.45, 2.75) is 19.9 Å². The smallest absolute Gasteiger partial charge is 0.296 e. The first kappa shape index (κ1) is 25.7. The number of Topliss-reactive ketones (excluding diaryl/α,β-unsaturated/α-hetero) is 1. The lowest BCUT2D eigenvalue weighted by Gasteiger charge is -2.10. The molecule has 0 saturated carbocycles. The summed E-state index contributed by atoms with van der Waals surface area (Å²) in [5.41, 5.74) is 1.55. The number of anilines is 2. The molecule has 3 aromatic rings. The van der Waals surface area contributed by atoms with E-state index in [2.05, 4.69) is 20.9 Å². The molecule has 1 unspecified atom stereocenters. The van der Waals surface area contributed by atoms with E-state index in [4.69, 9.17) is 4.74 Å². The van der Waals surface area contributed by atoms with Crippen molar-refractivity contribution in [1.29, 1.82) is 0 Å². The van der Waals surface area contributed by atoms with Crippen LogP contribution in [0, 0.1) is 17.0 Å². The van der Waals surface area contributed by atoms with Crippen LogP contribution in [-0.2, 0) is 9.59 Å². The average Bonchev–Trinajstić information content (AvgIpc) is 2.85. The van der Waals surface area contributed by atoms with Crippen LogP contribution in [0.15, 0.2) is 77.0 Å². The predicted octanol–water partition coefficient (Wildman–Crippen LogP) is 4.84. The molecule has 1 atom stereocenters. The second-order valence-electron chi connectivity index (χ2n) is 7.73. The average molecular weight is 489 g/mol. The first-order valence-electron chi connectivity index (χ1n) is 10.7. The number of hydrogen-bond acceptors (Lipinski definition) is 8. The summed E-state index contributed by atoms with van der Waals surface area (Å²) in [6, 6.07) is 15.7. The van der Waals surface area contributed by atoms with Gasteiger partial charge in [0.1, 0.15) is 5.75 Å². The highest BCUT2D eigenvalue weighted by atomic mass is 16.6. The van der Waals surface area contributed by atoms with Gasteiger partial charge in [-0.3, -0.25) is 24.5 Å². The topological polar surface area (TPSA) is 152 Å². The van der Waals surface area contributed by atoms with Crippen LogP contribution in [0.25, 0.3) is 0 Å². The van der Waals surface area contributed by atoms with Crippen LogP contribution in [0.3, 0.4) is 0 Å². The van der Waals surface area contributed by atoms with Crippen LogP contribution in [0.1, 0.15) is 22.8 Å². The van der Waals surface area contributed by atoms with Gasteiger partial charge in [0.2, 0.25) is 6.04 Å². The number of rotatable bonds is 9. The molecule has 2 N–H and O–H groups in total. The molecule has 0 fully saturated rings. The minimum Gasteiger partial charge on any atom is -0.497 e. The summed E-state index contributed by atoms with van der Waals surface area (Å²) in [6.07, 6.45) is 0. The molecule has 0 aliphatic heterocycles. The Morgan fingerprint density at radius 2 is 1.56 bits per heavy atom. The van der Waals surface area contributed by atoms with E-state index in [9.17, 15) is 24.5 Å². The lowest BCUT2D eigenvalue weighted by molar-refractivity contribution is -0.384. The lowest BCUT2D eigenvalue weighted by Crippen LogP contribution is -2.31. The van der Waals surface area contributed by atoms with Gasteiger partial charge in [0.25, 0.3) is 17.5 Å². The molecule has 11 heteroatoms. The zero-order valence-electron chi connectivity index (χ0n) is 19.7. The number of nitrogens with zero attached hydrogens (tertiary/aromatic N) is 3. The van der Waals surface area contributed by atoms with Gasteiger partial charge in [-0.15, -0.1) is 5.11 Å². The first-order chi connectivity index (χ1) is 17.2. The molecule has 36 heavy (non-hydrogen) atoms. The summed E-state index contributed by atoms with van der Waals surface area (Å²) in [4.78, 5) is 47.8. The highest BCUT2D eigenvalue weighted by molar-refractivity contribution is 6.10. The Morgan fingerprint density at radius 3 is 2.14 bits per heavy atom. The molecule has 0 aliphatic rings. The molecular formula is C25H23N5O6. The number of nitro benzene ring substituents is 1. The van der Waals surface area contributed by atoms with E-state index < -0.39 is 22.7 Å². The van der Waals surface area contributed by atoms with E-state index in [1.165, 1.54) is 43.3 Å². The van der Waals surface area contributed by atoms with E-state index in [-0.39, 0.29) is 17.3 Å².